The van der Waals surface area contributed by atoms with Crippen molar-refractivity contribution in [3.05, 3.63) is 68.4 Å². The van der Waals surface area contributed by atoms with Gasteiger partial charge in [0.1, 0.15) is 10.7 Å². The zero-order valence-electron chi connectivity index (χ0n) is 14.6. The van der Waals surface area contributed by atoms with Gasteiger partial charge in [-0.25, -0.2) is 9.97 Å². The number of pyridine rings is 1. The van der Waals surface area contributed by atoms with E-state index in [1.807, 2.05) is 53.4 Å². The number of halogens is 1. The summed E-state index contributed by atoms with van der Waals surface area (Å²) in [4.78, 5) is 9.14. The lowest BCUT2D eigenvalue weighted by atomic mass is 10.1. The molecule has 0 radical (unpaired) electrons. The number of nitrogens with zero attached hydrogens (tertiary/aromatic N) is 4. The third-order valence-electron chi connectivity index (χ3n) is 3.89. The van der Waals surface area contributed by atoms with Gasteiger partial charge in [-0.15, -0.1) is 11.3 Å². The summed E-state index contributed by atoms with van der Waals surface area (Å²) in [6.07, 6.45) is 5.85. The number of imidazole rings is 1. The molecular weight excluding hydrogens is 471 g/mol. The normalized spacial score (nSPS) is 11.5. The second kappa shape index (κ2) is 8.15. The standard InChI is InChI=1S/C19H17IN6S/c1-21-8-16-12-27-19(23-16)9-22-25-15-5-2-13(3-6-15)17-11-26-10-14(20)4-7-18(26)24-17/h2-7,9-12,21,25H,8H2,1H3. The topological polar surface area (TPSA) is 66.6 Å². The molecule has 4 rings (SSSR count). The van der Waals surface area contributed by atoms with Crippen molar-refractivity contribution in [3.8, 4) is 11.3 Å². The molecule has 0 saturated heterocycles. The Morgan fingerprint density at radius 3 is 2.81 bits per heavy atom. The van der Waals surface area contributed by atoms with Crippen molar-refractivity contribution in [1.82, 2.24) is 19.7 Å². The molecule has 0 unspecified atom stereocenters. The molecule has 0 bridgehead atoms. The van der Waals surface area contributed by atoms with Crippen LogP contribution in [0.5, 0.6) is 0 Å². The van der Waals surface area contributed by atoms with Crippen LogP contribution in [0, 0.1) is 3.57 Å². The van der Waals surface area contributed by atoms with Gasteiger partial charge in [0.2, 0.25) is 0 Å². The average molecular weight is 488 g/mol. The molecule has 2 N–H and O–H groups in total. The van der Waals surface area contributed by atoms with Gasteiger partial charge in [0.05, 0.1) is 23.3 Å². The summed E-state index contributed by atoms with van der Waals surface area (Å²) in [5.74, 6) is 0. The highest BCUT2D eigenvalue weighted by atomic mass is 127. The van der Waals surface area contributed by atoms with Crippen molar-refractivity contribution in [2.75, 3.05) is 12.5 Å². The predicted octanol–water partition coefficient (Wildman–Crippen LogP) is 4.23. The number of hydrogen-bond donors (Lipinski definition) is 2. The number of aromatic nitrogens is 3. The van der Waals surface area contributed by atoms with E-state index in [1.165, 1.54) is 3.57 Å². The van der Waals surface area contributed by atoms with Crippen LogP contribution in [-0.2, 0) is 6.54 Å². The average Bonchev–Trinajstić information content (AvgIpc) is 3.29. The molecule has 8 heteroatoms. The van der Waals surface area contributed by atoms with Crippen LogP contribution in [0.25, 0.3) is 16.9 Å². The molecule has 0 spiro atoms. The van der Waals surface area contributed by atoms with Gasteiger partial charge in [-0.05, 0) is 53.9 Å². The highest BCUT2D eigenvalue weighted by molar-refractivity contribution is 14.1. The van der Waals surface area contributed by atoms with Crippen LogP contribution < -0.4 is 10.7 Å². The summed E-state index contributed by atoms with van der Waals surface area (Å²) in [7, 11) is 1.91. The Hall–Kier alpha value is -2.30. The number of rotatable bonds is 6. The number of anilines is 1. The summed E-state index contributed by atoms with van der Waals surface area (Å²) in [6, 6.07) is 12.2. The maximum atomic E-state index is 4.67. The van der Waals surface area contributed by atoms with Gasteiger partial charge in [-0.2, -0.15) is 5.10 Å². The van der Waals surface area contributed by atoms with E-state index >= 15 is 0 Å². The van der Waals surface area contributed by atoms with Crippen LogP contribution in [0.2, 0.25) is 0 Å². The third-order valence-corrected chi connectivity index (χ3v) is 5.36. The Bertz CT molecular complexity index is 1080. The van der Waals surface area contributed by atoms with Crippen LogP contribution in [0.15, 0.2) is 59.3 Å². The molecule has 4 aromatic rings. The number of fused-ring (bicyclic) bond motifs is 1. The van der Waals surface area contributed by atoms with Crippen LogP contribution >= 0.6 is 33.9 Å². The third kappa shape index (κ3) is 4.34. The quantitative estimate of drug-likeness (QED) is 0.242. The minimum atomic E-state index is 0.765. The van der Waals surface area contributed by atoms with E-state index in [2.05, 4.69) is 60.7 Å². The van der Waals surface area contributed by atoms with Crippen LogP contribution in [0.3, 0.4) is 0 Å². The second-order valence-electron chi connectivity index (χ2n) is 5.89. The van der Waals surface area contributed by atoms with Crippen molar-refractivity contribution < 1.29 is 0 Å². The Labute approximate surface area is 174 Å². The molecule has 3 heterocycles. The Morgan fingerprint density at radius 1 is 1.15 bits per heavy atom. The van der Waals surface area contributed by atoms with E-state index in [1.54, 1.807) is 17.6 Å². The van der Waals surface area contributed by atoms with Gasteiger partial charge < -0.3 is 9.72 Å². The van der Waals surface area contributed by atoms with Crippen LogP contribution in [-0.4, -0.2) is 27.6 Å². The van der Waals surface area contributed by atoms with Gasteiger partial charge >= 0.3 is 0 Å². The zero-order chi connectivity index (χ0) is 18.6. The SMILES string of the molecule is CNCc1csc(C=NNc2ccc(-c3cn4cc(I)ccc4n3)cc2)n1. The maximum absolute atomic E-state index is 4.67. The number of hydrazone groups is 1. The highest BCUT2D eigenvalue weighted by Gasteiger charge is 2.05. The van der Waals surface area contributed by atoms with E-state index < -0.39 is 0 Å². The lowest BCUT2D eigenvalue weighted by molar-refractivity contribution is 0.797. The molecular formula is C19H17IN6S. The van der Waals surface area contributed by atoms with Crippen molar-refractivity contribution in [1.29, 1.82) is 0 Å². The molecule has 0 amide bonds. The van der Waals surface area contributed by atoms with Crippen molar-refractivity contribution in [3.63, 3.8) is 0 Å². The fourth-order valence-electron chi connectivity index (χ4n) is 2.63. The summed E-state index contributed by atoms with van der Waals surface area (Å²) in [5.41, 5.74) is 7.94. The Kier molecular flexibility index (Phi) is 5.46. The second-order valence-corrected chi connectivity index (χ2v) is 8.03. The van der Waals surface area contributed by atoms with Crippen molar-refractivity contribution >= 4 is 51.5 Å². The fourth-order valence-corrected chi connectivity index (χ4v) is 3.78. The Balaban J connectivity index is 1.44. The van der Waals surface area contributed by atoms with Gasteiger partial charge in [0.25, 0.3) is 0 Å². The van der Waals surface area contributed by atoms with E-state index in [-0.39, 0.29) is 0 Å². The van der Waals surface area contributed by atoms with E-state index in [0.29, 0.717) is 0 Å². The summed E-state index contributed by atoms with van der Waals surface area (Å²) >= 11 is 3.88. The predicted molar refractivity (Wildman–Crippen MR) is 119 cm³/mol. The van der Waals surface area contributed by atoms with Crippen molar-refractivity contribution in [2.24, 2.45) is 5.10 Å². The molecule has 1 aromatic carbocycles. The van der Waals surface area contributed by atoms with Gasteiger partial charge in [0.15, 0.2) is 0 Å². The summed E-state index contributed by atoms with van der Waals surface area (Å²) in [6.45, 7) is 0.765. The molecule has 0 atom stereocenters. The van der Waals surface area contributed by atoms with E-state index in [4.69, 9.17) is 0 Å². The molecule has 0 aliphatic carbocycles. The molecule has 0 saturated carbocycles. The smallest absolute Gasteiger partial charge is 0.137 e. The van der Waals surface area contributed by atoms with Crippen LogP contribution in [0.1, 0.15) is 10.7 Å². The number of nitrogens with one attached hydrogen (secondary N) is 2. The highest BCUT2D eigenvalue weighted by Crippen LogP contribution is 2.22. The van der Waals surface area contributed by atoms with Gasteiger partial charge in [-0.1, -0.05) is 12.1 Å². The molecule has 0 fully saturated rings. The van der Waals surface area contributed by atoms with E-state index in [0.717, 1.165) is 39.8 Å². The lowest BCUT2D eigenvalue weighted by Crippen LogP contribution is -2.05. The first-order valence-electron chi connectivity index (χ1n) is 8.34. The summed E-state index contributed by atoms with van der Waals surface area (Å²) < 4.78 is 3.23. The monoisotopic (exact) mass is 488 g/mol. The number of thiazole rings is 1. The van der Waals surface area contributed by atoms with Crippen LogP contribution in [0.4, 0.5) is 5.69 Å². The first-order chi connectivity index (χ1) is 13.2. The number of benzene rings is 1. The number of hydrogen-bond acceptors (Lipinski definition) is 6. The fraction of sp³-hybridized carbons (Fsp3) is 0.105. The first-order valence-corrected chi connectivity index (χ1v) is 10.3. The minimum Gasteiger partial charge on any atom is -0.314 e. The molecule has 3 aromatic heterocycles. The lowest BCUT2D eigenvalue weighted by Gasteiger charge is -2.01. The molecule has 0 aliphatic rings. The molecule has 27 heavy (non-hydrogen) atoms. The van der Waals surface area contributed by atoms with Crippen molar-refractivity contribution in [2.45, 2.75) is 6.54 Å². The van der Waals surface area contributed by atoms with E-state index in [9.17, 15) is 0 Å². The first kappa shape index (κ1) is 18.1. The summed E-state index contributed by atoms with van der Waals surface area (Å²) in [5, 5.41) is 10.3. The molecule has 0 aliphatic heterocycles. The van der Waals surface area contributed by atoms with Gasteiger partial charge in [0, 0.05) is 33.5 Å². The zero-order valence-corrected chi connectivity index (χ0v) is 17.5. The molecule has 136 valence electrons. The minimum absolute atomic E-state index is 0.765. The maximum Gasteiger partial charge on any atom is 0.137 e. The Morgan fingerprint density at radius 2 is 2.00 bits per heavy atom. The molecule has 6 nitrogen and oxygen atoms in total. The van der Waals surface area contributed by atoms with Gasteiger partial charge in [-0.3, -0.25) is 5.43 Å². The largest absolute Gasteiger partial charge is 0.314 e.